The number of amides is 1. The Bertz CT molecular complexity index is 652. The smallest absolute Gasteiger partial charge is 0.326 e. The zero-order valence-electron chi connectivity index (χ0n) is 11.2. The van der Waals surface area contributed by atoms with Crippen LogP contribution in [0.5, 0.6) is 0 Å². The Labute approximate surface area is 114 Å². The second-order valence-corrected chi connectivity index (χ2v) is 4.39. The zero-order chi connectivity index (χ0) is 14.7. The van der Waals surface area contributed by atoms with Crippen LogP contribution in [0.2, 0.25) is 0 Å². The summed E-state index contributed by atoms with van der Waals surface area (Å²) < 4.78 is 1.44. The number of carbonyl (C=O) groups excluding carboxylic acids is 1. The molecule has 0 aliphatic rings. The van der Waals surface area contributed by atoms with E-state index in [1.165, 1.54) is 4.52 Å². The molecule has 0 unspecified atom stereocenters. The van der Waals surface area contributed by atoms with Gasteiger partial charge < -0.3 is 10.4 Å². The summed E-state index contributed by atoms with van der Waals surface area (Å²) in [5.74, 6) is -1.47. The van der Waals surface area contributed by atoms with Gasteiger partial charge in [-0.15, -0.1) is 5.10 Å². The van der Waals surface area contributed by atoms with Crippen molar-refractivity contribution >= 4 is 17.7 Å². The highest BCUT2D eigenvalue weighted by molar-refractivity contribution is 5.93. The highest BCUT2D eigenvalue weighted by atomic mass is 16.4. The molecule has 20 heavy (non-hydrogen) atoms. The molecular weight excluding hydrogens is 262 g/mol. The molecule has 1 amide bonds. The van der Waals surface area contributed by atoms with Crippen molar-refractivity contribution < 1.29 is 14.7 Å². The van der Waals surface area contributed by atoms with Crippen LogP contribution in [0, 0.1) is 6.92 Å². The van der Waals surface area contributed by atoms with Gasteiger partial charge in [-0.05, 0) is 19.4 Å². The van der Waals surface area contributed by atoms with Gasteiger partial charge >= 0.3 is 5.97 Å². The third-order valence-electron chi connectivity index (χ3n) is 2.81. The molecule has 0 aliphatic carbocycles. The van der Waals surface area contributed by atoms with E-state index in [9.17, 15) is 9.59 Å². The number of rotatable bonds is 5. The molecule has 2 aromatic heterocycles. The van der Waals surface area contributed by atoms with E-state index in [2.05, 4.69) is 20.4 Å². The Hall–Kier alpha value is -2.51. The van der Waals surface area contributed by atoms with Gasteiger partial charge in [-0.25, -0.2) is 14.3 Å². The molecule has 0 fully saturated rings. The van der Waals surface area contributed by atoms with Gasteiger partial charge in [-0.2, -0.15) is 4.98 Å². The molecular formula is C12H15N5O3. The summed E-state index contributed by atoms with van der Waals surface area (Å²) in [6.45, 7) is 3.65. The van der Waals surface area contributed by atoms with Crippen LogP contribution in [0.25, 0.3) is 5.78 Å². The van der Waals surface area contributed by atoms with Crippen molar-refractivity contribution in [1.29, 1.82) is 0 Å². The summed E-state index contributed by atoms with van der Waals surface area (Å²) in [6, 6.07) is 0.800. The molecule has 8 heteroatoms. The molecule has 1 atom stereocenters. The summed E-state index contributed by atoms with van der Waals surface area (Å²) >= 11 is 0. The van der Waals surface area contributed by atoms with E-state index >= 15 is 0 Å². The topological polar surface area (TPSA) is 109 Å². The van der Waals surface area contributed by atoms with Crippen molar-refractivity contribution in [3.63, 3.8) is 0 Å². The lowest BCUT2D eigenvalue weighted by Crippen LogP contribution is -2.41. The number of carboxylic acids is 1. The first-order valence-electron chi connectivity index (χ1n) is 6.25. The molecule has 0 spiro atoms. The highest BCUT2D eigenvalue weighted by Gasteiger charge is 2.22. The van der Waals surface area contributed by atoms with Gasteiger partial charge in [-0.3, -0.25) is 4.79 Å². The van der Waals surface area contributed by atoms with Crippen molar-refractivity contribution in [2.24, 2.45) is 0 Å². The maximum absolute atomic E-state index is 12.0. The second-order valence-electron chi connectivity index (χ2n) is 4.39. The van der Waals surface area contributed by atoms with Gasteiger partial charge in [0.05, 0.1) is 0 Å². The molecule has 0 saturated carbocycles. The third-order valence-corrected chi connectivity index (χ3v) is 2.81. The Morgan fingerprint density at radius 1 is 1.50 bits per heavy atom. The Kier molecular flexibility index (Phi) is 3.92. The molecule has 0 aromatic carbocycles. The zero-order valence-corrected chi connectivity index (χ0v) is 11.2. The van der Waals surface area contributed by atoms with E-state index in [1.807, 2.05) is 13.8 Å². The van der Waals surface area contributed by atoms with Gasteiger partial charge in [0.15, 0.2) is 0 Å². The predicted octanol–water partition coefficient (Wildman–Crippen LogP) is 0.416. The van der Waals surface area contributed by atoms with E-state index in [0.29, 0.717) is 18.6 Å². The lowest BCUT2D eigenvalue weighted by atomic mass is 10.1. The van der Waals surface area contributed by atoms with E-state index in [4.69, 9.17) is 5.11 Å². The summed E-state index contributed by atoms with van der Waals surface area (Å²) in [5.41, 5.74) is 0.782. The van der Waals surface area contributed by atoms with Crippen LogP contribution >= 0.6 is 0 Å². The van der Waals surface area contributed by atoms with Crippen LogP contribution in [0.15, 0.2) is 12.3 Å². The van der Waals surface area contributed by atoms with Crippen LogP contribution in [0.4, 0.5) is 0 Å². The van der Waals surface area contributed by atoms with Crippen LogP contribution in [-0.2, 0) is 4.79 Å². The van der Waals surface area contributed by atoms with Gasteiger partial charge in [0.1, 0.15) is 6.04 Å². The van der Waals surface area contributed by atoms with Gasteiger partial charge in [0.25, 0.3) is 11.7 Å². The monoisotopic (exact) mass is 277 g/mol. The quantitative estimate of drug-likeness (QED) is 0.819. The maximum Gasteiger partial charge on any atom is 0.326 e. The van der Waals surface area contributed by atoms with Crippen molar-refractivity contribution in [2.45, 2.75) is 32.7 Å². The lowest BCUT2D eigenvalue weighted by molar-refractivity contribution is -0.139. The fourth-order valence-electron chi connectivity index (χ4n) is 1.77. The number of carboxylic acid groups (broad SMARTS) is 1. The molecule has 2 heterocycles. The molecule has 106 valence electrons. The van der Waals surface area contributed by atoms with E-state index in [0.717, 1.165) is 5.69 Å². The van der Waals surface area contributed by atoms with E-state index < -0.39 is 17.9 Å². The lowest BCUT2D eigenvalue weighted by Gasteiger charge is -2.11. The maximum atomic E-state index is 12.0. The summed E-state index contributed by atoms with van der Waals surface area (Å²) in [4.78, 5) is 31.0. The number of nitrogens with zero attached hydrogens (tertiary/aromatic N) is 4. The fourth-order valence-corrected chi connectivity index (χ4v) is 1.77. The molecule has 0 bridgehead atoms. The van der Waals surface area contributed by atoms with Crippen molar-refractivity contribution in [3.8, 4) is 0 Å². The van der Waals surface area contributed by atoms with Gasteiger partial charge in [0, 0.05) is 11.9 Å². The number of hydrogen-bond donors (Lipinski definition) is 2. The minimum atomic E-state index is -1.07. The first-order valence-corrected chi connectivity index (χ1v) is 6.25. The average Bonchev–Trinajstić information content (AvgIpc) is 2.83. The molecule has 2 rings (SSSR count). The highest BCUT2D eigenvalue weighted by Crippen LogP contribution is 2.03. The van der Waals surface area contributed by atoms with Gasteiger partial charge in [-0.1, -0.05) is 13.3 Å². The molecule has 0 radical (unpaired) electrons. The van der Waals surface area contributed by atoms with Crippen LogP contribution < -0.4 is 5.32 Å². The third kappa shape index (κ3) is 2.73. The number of aromatic nitrogens is 4. The first kappa shape index (κ1) is 13.9. The number of aliphatic carboxylic acids is 1. The van der Waals surface area contributed by atoms with Crippen molar-refractivity contribution in [2.75, 3.05) is 0 Å². The summed E-state index contributed by atoms with van der Waals surface area (Å²) in [7, 11) is 0. The van der Waals surface area contributed by atoms with Crippen molar-refractivity contribution in [3.05, 3.63) is 23.8 Å². The van der Waals surface area contributed by atoms with Crippen LogP contribution in [0.3, 0.4) is 0 Å². The Morgan fingerprint density at radius 2 is 2.25 bits per heavy atom. The molecule has 2 N–H and O–H groups in total. The predicted molar refractivity (Wildman–Crippen MR) is 69.3 cm³/mol. The number of hydrogen-bond acceptors (Lipinski definition) is 5. The number of carbonyl (C=O) groups is 2. The number of nitrogens with one attached hydrogen (secondary N) is 1. The minimum Gasteiger partial charge on any atom is -0.480 e. The molecule has 0 saturated heterocycles. The summed E-state index contributed by atoms with van der Waals surface area (Å²) in [5, 5.41) is 15.4. The Balaban J connectivity index is 2.22. The number of aryl methyl sites for hydroxylation is 1. The molecule has 2 aromatic rings. The van der Waals surface area contributed by atoms with E-state index in [-0.39, 0.29) is 5.82 Å². The fraction of sp³-hybridized carbons (Fsp3) is 0.417. The van der Waals surface area contributed by atoms with E-state index in [1.54, 1.807) is 12.3 Å². The average molecular weight is 277 g/mol. The molecule has 0 aliphatic heterocycles. The standard InChI is InChI=1S/C12H15N5O3/c1-3-4-8(11(19)20)14-10(18)9-15-12-13-6-5-7(2)17(12)16-9/h5-6,8H,3-4H2,1-2H3,(H,14,18)(H,19,20)/t8-/m1/s1. The normalized spacial score (nSPS) is 12.3. The summed E-state index contributed by atoms with van der Waals surface area (Å²) in [6.07, 6.45) is 2.57. The van der Waals surface area contributed by atoms with Gasteiger partial charge in [0.2, 0.25) is 5.82 Å². The number of fused-ring (bicyclic) bond motifs is 1. The van der Waals surface area contributed by atoms with Crippen LogP contribution in [0.1, 0.15) is 36.1 Å². The van der Waals surface area contributed by atoms with Crippen LogP contribution in [-0.4, -0.2) is 42.6 Å². The minimum absolute atomic E-state index is 0.0887. The second kappa shape index (κ2) is 5.64. The SMILES string of the molecule is CCC[C@@H](NC(=O)c1nc2nccc(C)n2n1)C(=O)O. The molecule has 8 nitrogen and oxygen atoms in total. The van der Waals surface area contributed by atoms with Crippen molar-refractivity contribution in [1.82, 2.24) is 24.9 Å². The first-order chi connectivity index (χ1) is 9.52. The largest absolute Gasteiger partial charge is 0.480 e. The Morgan fingerprint density at radius 3 is 2.85 bits per heavy atom.